The maximum Gasteiger partial charge on any atom is 0.0618 e. The molecule has 0 amide bonds. The van der Waals surface area contributed by atoms with Gasteiger partial charge in [0.2, 0.25) is 0 Å². The lowest BCUT2D eigenvalue weighted by atomic mass is 10.0. The highest BCUT2D eigenvalue weighted by Crippen LogP contribution is 2.17. The normalized spacial score (nSPS) is 20.8. The van der Waals surface area contributed by atoms with Crippen LogP contribution in [0.5, 0.6) is 0 Å². The zero-order valence-corrected chi connectivity index (χ0v) is 12.9. The van der Waals surface area contributed by atoms with Gasteiger partial charge in [-0.15, -0.1) is 0 Å². The molecule has 2 atom stereocenters. The molecule has 1 aliphatic rings. The lowest BCUT2D eigenvalue weighted by Crippen LogP contribution is -2.49. The molecule has 1 saturated heterocycles. The van der Waals surface area contributed by atoms with E-state index in [1.807, 2.05) is 0 Å². The molecule has 0 radical (unpaired) electrons. The van der Waals surface area contributed by atoms with E-state index in [0.717, 1.165) is 13.2 Å². The summed E-state index contributed by atoms with van der Waals surface area (Å²) in [7, 11) is 1.79. The molecule has 1 aliphatic heterocycles. The number of hydrogen-bond acceptors (Lipinski definition) is 3. The van der Waals surface area contributed by atoms with Crippen LogP contribution in [0, 0.1) is 11.8 Å². The van der Waals surface area contributed by atoms with Crippen LogP contribution < -0.4 is 5.32 Å². The van der Waals surface area contributed by atoms with Gasteiger partial charge in [-0.3, -0.25) is 4.90 Å². The number of nitrogens with one attached hydrogen (secondary N) is 1. The van der Waals surface area contributed by atoms with Gasteiger partial charge in [0.25, 0.3) is 0 Å². The first-order valence-electron chi connectivity index (χ1n) is 7.52. The predicted octanol–water partition coefficient (Wildman–Crippen LogP) is 2.37. The van der Waals surface area contributed by atoms with E-state index in [-0.39, 0.29) is 0 Å². The fourth-order valence-electron chi connectivity index (χ4n) is 2.80. The second kappa shape index (κ2) is 8.13. The van der Waals surface area contributed by atoms with E-state index in [1.165, 1.54) is 25.9 Å². The van der Waals surface area contributed by atoms with E-state index in [1.54, 1.807) is 7.11 Å². The molecule has 1 fully saturated rings. The zero-order chi connectivity index (χ0) is 13.5. The van der Waals surface area contributed by atoms with Crippen molar-refractivity contribution < 1.29 is 4.74 Å². The summed E-state index contributed by atoms with van der Waals surface area (Å²) in [4.78, 5) is 2.65. The Morgan fingerprint density at radius 3 is 2.11 bits per heavy atom. The van der Waals surface area contributed by atoms with Gasteiger partial charge in [-0.1, -0.05) is 27.7 Å². The summed E-state index contributed by atoms with van der Waals surface area (Å²) in [6, 6.07) is 1.14. The first-order chi connectivity index (χ1) is 8.56. The van der Waals surface area contributed by atoms with Crippen LogP contribution >= 0.6 is 0 Å². The van der Waals surface area contributed by atoms with E-state index in [4.69, 9.17) is 4.74 Å². The fraction of sp³-hybridized carbons (Fsp3) is 1.00. The number of likely N-dealkylation sites (tertiary alicyclic amines) is 1. The summed E-state index contributed by atoms with van der Waals surface area (Å²) < 4.78 is 5.31. The number of hydrogen-bond donors (Lipinski definition) is 1. The summed E-state index contributed by atoms with van der Waals surface area (Å²) in [5, 5.41) is 3.71. The SMILES string of the molecule is COCC(NCC(C(C)C)N1CCCC1)C(C)C. The van der Waals surface area contributed by atoms with Crippen LogP contribution in [0.15, 0.2) is 0 Å². The molecule has 0 saturated carbocycles. The van der Waals surface area contributed by atoms with Crippen molar-refractivity contribution in [3.63, 3.8) is 0 Å². The third-order valence-electron chi connectivity index (χ3n) is 4.12. The van der Waals surface area contributed by atoms with E-state index in [9.17, 15) is 0 Å². The number of ether oxygens (including phenoxy) is 1. The topological polar surface area (TPSA) is 24.5 Å². The van der Waals surface area contributed by atoms with Crippen molar-refractivity contribution in [2.24, 2.45) is 11.8 Å². The summed E-state index contributed by atoms with van der Waals surface area (Å²) in [6.45, 7) is 13.7. The van der Waals surface area contributed by atoms with Crippen molar-refractivity contribution >= 4 is 0 Å². The third kappa shape index (κ3) is 4.87. The van der Waals surface area contributed by atoms with E-state index in [2.05, 4.69) is 37.9 Å². The van der Waals surface area contributed by atoms with Crippen molar-refractivity contribution in [2.45, 2.75) is 52.6 Å². The molecule has 0 aliphatic carbocycles. The Balaban J connectivity index is 2.44. The molecule has 0 aromatic rings. The van der Waals surface area contributed by atoms with E-state index in [0.29, 0.717) is 23.9 Å². The Morgan fingerprint density at radius 1 is 1.06 bits per heavy atom. The van der Waals surface area contributed by atoms with Gasteiger partial charge >= 0.3 is 0 Å². The van der Waals surface area contributed by atoms with Gasteiger partial charge in [0, 0.05) is 25.7 Å². The highest BCUT2D eigenvalue weighted by Gasteiger charge is 2.25. The van der Waals surface area contributed by atoms with Gasteiger partial charge in [-0.05, 0) is 37.8 Å². The smallest absolute Gasteiger partial charge is 0.0618 e. The molecule has 2 unspecified atom stereocenters. The minimum Gasteiger partial charge on any atom is -0.383 e. The largest absolute Gasteiger partial charge is 0.383 e. The molecular formula is C15H32N2O. The average Bonchev–Trinajstić information content (AvgIpc) is 2.80. The Morgan fingerprint density at radius 2 is 1.67 bits per heavy atom. The second-order valence-electron chi connectivity index (χ2n) is 6.27. The molecule has 18 heavy (non-hydrogen) atoms. The molecule has 0 aromatic heterocycles. The lowest BCUT2D eigenvalue weighted by molar-refractivity contribution is 0.129. The highest BCUT2D eigenvalue weighted by atomic mass is 16.5. The molecule has 0 bridgehead atoms. The van der Waals surface area contributed by atoms with Crippen LogP contribution in [0.3, 0.4) is 0 Å². The Hall–Kier alpha value is -0.120. The summed E-state index contributed by atoms with van der Waals surface area (Å²) in [5.41, 5.74) is 0. The summed E-state index contributed by atoms with van der Waals surface area (Å²) in [6.07, 6.45) is 2.74. The summed E-state index contributed by atoms with van der Waals surface area (Å²) >= 11 is 0. The van der Waals surface area contributed by atoms with Crippen LogP contribution in [-0.4, -0.2) is 50.3 Å². The van der Waals surface area contributed by atoms with Crippen molar-refractivity contribution in [3.8, 4) is 0 Å². The molecular weight excluding hydrogens is 224 g/mol. The van der Waals surface area contributed by atoms with E-state index < -0.39 is 0 Å². The van der Waals surface area contributed by atoms with Gasteiger partial charge in [0.05, 0.1) is 6.61 Å². The highest BCUT2D eigenvalue weighted by molar-refractivity contribution is 4.82. The van der Waals surface area contributed by atoms with Crippen LogP contribution in [-0.2, 0) is 4.74 Å². The predicted molar refractivity (Wildman–Crippen MR) is 77.9 cm³/mol. The fourth-order valence-corrected chi connectivity index (χ4v) is 2.80. The molecule has 1 rings (SSSR count). The van der Waals surface area contributed by atoms with Gasteiger partial charge in [0.1, 0.15) is 0 Å². The molecule has 108 valence electrons. The second-order valence-corrected chi connectivity index (χ2v) is 6.27. The number of methoxy groups -OCH3 is 1. The first kappa shape index (κ1) is 15.9. The van der Waals surface area contributed by atoms with Gasteiger partial charge in [-0.25, -0.2) is 0 Å². The van der Waals surface area contributed by atoms with Crippen LogP contribution in [0.1, 0.15) is 40.5 Å². The Labute approximate surface area is 113 Å². The number of nitrogens with zero attached hydrogens (tertiary/aromatic N) is 1. The maximum absolute atomic E-state index is 5.31. The van der Waals surface area contributed by atoms with Crippen molar-refractivity contribution in [3.05, 3.63) is 0 Å². The Bertz CT molecular complexity index is 213. The van der Waals surface area contributed by atoms with Gasteiger partial charge in [0.15, 0.2) is 0 Å². The van der Waals surface area contributed by atoms with Crippen molar-refractivity contribution in [1.29, 1.82) is 0 Å². The molecule has 3 heteroatoms. The minimum absolute atomic E-state index is 0.471. The molecule has 1 N–H and O–H groups in total. The van der Waals surface area contributed by atoms with Crippen LogP contribution in [0.2, 0.25) is 0 Å². The van der Waals surface area contributed by atoms with Crippen molar-refractivity contribution in [2.75, 3.05) is 33.4 Å². The van der Waals surface area contributed by atoms with Crippen LogP contribution in [0.4, 0.5) is 0 Å². The lowest BCUT2D eigenvalue weighted by Gasteiger charge is -2.33. The number of rotatable bonds is 8. The first-order valence-corrected chi connectivity index (χ1v) is 7.52. The summed E-state index contributed by atoms with van der Waals surface area (Å²) in [5.74, 6) is 1.34. The van der Waals surface area contributed by atoms with E-state index >= 15 is 0 Å². The maximum atomic E-state index is 5.31. The molecule has 0 aromatic carbocycles. The monoisotopic (exact) mass is 256 g/mol. The average molecular weight is 256 g/mol. The van der Waals surface area contributed by atoms with Crippen LogP contribution in [0.25, 0.3) is 0 Å². The standard InChI is InChI=1S/C15H32N2O/c1-12(2)14(11-18-5)16-10-15(13(3)4)17-8-6-7-9-17/h12-16H,6-11H2,1-5H3. The molecule has 3 nitrogen and oxygen atoms in total. The minimum atomic E-state index is 0.471. The van der Waals surface area contributed by atoms with Gasteiger partial charge < -0.3 is 10.1 Å². The van der Waals surface area contributed by atoms with Gasteiger partial charge in [-0.2, -0.15) is 0 Å². The Kier molecular flexibility index (Phi) is 7.20. The zero-order valence-electron chi connectivity index (χ0n) is 12.9. The van der Waals surface area contributed by atoms with Crippen molar-refractivity contribution in [1.82, 2.24) is 10.2 Å². The quantitative estimate of drug-likeness (QED) is 0.721. The molecule has 1 heterocycles. The molecule has 0 spiro atoms. The third-order valence-corrected chi connectivity index (χ3v) is 4.12.